The topological polar surface area (TPSA) is 82.2 Å². The molecule has 1 spiro atoms. The van der Waals surface area contributed by atoms with Crippen LogP contribution in [0.15, 0.2) is 0 Å². The van der Waals surface area contributed by atoms with Gasteiger partial charge in [-0.05, 0) is 45.1 Å². The summed E-state index contributed by atoms with van der Waals surface area (Å²) in [6.07, 6.45) is 4.45. The fourth-order valence-electron chi connectivity index (χ4n) is 4.82. The van der Waals surface area contributed by atoms with E-state index in [0.717, 1.165) is 48.8 Å². The lowest BCUT2D eigenvalue weighted by Crippen LogP contribution is -2.66. The number of carbonyl (C=O) groups is 3. The molecule has 2 unspecified atom stereocenters. The number of rotatable bonds is 5. The Morgan fingerprint density at radius 1 is 1.41 bits per heavy atom. The molecule has 4 aliphatic rings. The SMILES string of the molecule is CC=O.CN1CC2(CC(NC(=O)C3CCC4CN3C(=O)N4OSCI)C2)C1. The molecule has 4 rings (SSSR count). The Bertz CT molecular complexity index is 581. The third-order valence-electron chi connectivity index (χ3n) is 5.72. The molecule has 1 N–H and O–H groups in total. The van der Waals surface area contributed by atoms with Crippen molar-refractivity contribution in [2.75, 3.05) is 30.4 Å². The van der Waals surface area contributed by atoms with Crippen molar-refractivity contribution in [3.8, 4) is 0 Å². The van der Waals surface area contributed by atoms with Crippen molar-refractivity contribution < 1.29 is 18.7 Å². The van der Waals surface area contributed by atoms with Crippen LogP contribution in [0.3, 0.4) is 0 Å². The number of likely N-dealkylation sites (tertiary alicyclic amines) is 1. The minimum absolute atomic E-state index is 0.0118. The molecule has 152 valence electrons. The number of nitrogens with one attached hydrogen (secondary N) is 1. The molecule has 2 atom stereocenters. The Kier molecular flexibility index (Phi) is 6.91. The average molecular weight is 510 g/mol. The maximum atomic E-state index is 12.7. The minimum atomic E-state index is -0.340. The van der Waals surface area contributed by atoms with Crippen LogP contribution in [0.2, 0.25) is 0 Å². The molecule has 3 saturated heterocycles. The largest absolute Gasteiger partial charge is 0.352 e. The van der Waals surface area contributed by atoms with Gasteiger partial charge >= 0.3 is 6.03 Å². The highest BCUT2D eigenvalue weighted by atomic mass is 127. The van der Waals surface area contributed by atoms with Gasteiger partial charge in [0, 0.05) is 37.7 Å². The van der Waals surface area contributed by atoms with E-state index in [4.69, 9.17) is 9.08 Å². The summed E-state index contributed by atoms with van der Waals surface area (Å²) in [5, 5.41) is 4.63. The smallest absolute Gasteiger partial charge is 0.345 e. The predicted octanol–water partition coefficient (Wildman–Crippen LogP) is 1.64. The van der Waals surface area contributed by atoms with Gasteiger partial charge in [0.25, 0.3) is 0 Å². The molecule has 27 heavy (non-hydrogen) atoms. The molecule has 3 heterocycles. The molecule has 10 heteroatoms. The Labute approximate surface area is 178 Å². The van der Waals surface area contributed by atoms with E-state index >= 15 is 0 Å². The summed E-state index contributed by atoms with van der Waals surface area (Å²) >= 11 is 3.45. The second-order valence-corrected chi connectivity index (χ2v) is 10.3. The number of alkyl halides is 1. The standard InChI is InChI=1S/C15H23IN4O3S.C2H4O/c1-18-7-15(8-18)4-10(5-15)17-13(21)12-3-2-11-6-19(12)14(22)20(11)23-24-9-16;1-2-3/h10-12H,2-9H2,1H3,(H,17,21);2H,1H3. The number of halogens is 1. The van der Waals surface area contributed by atoms with Crippen molar-refractivity contribution >= 4 is 52.9 Å². The first-order valence-corrected chi connectivity index (χ1v) is 11.7. The summed E-state index contributed by atoms with van der Waals surface area (Å²) in [7, 11) is 2.14. The van der Waals surface area contributed by atoms with Gasteiger partial charge in [-0.1, -0.05) is 22.6 Å². The van der Waals surface area contributed by atoms with E-state index in [0.29, 0.717) is 12.0 Å². The number of hydroxylamine groups is 2. The van der Waals surface area contributed by atoms with Gasteiger partial charge in [-0.3, -0.25) is 4.79 Å². The lowest BCUT2D eigenvalue weighted by atomic mass is 9.61. The van der Waals surface area contributed by atoms with Crippen molar-refractivity contribution in [2.45, 2.75) is 50.7 Å². The van der Waals surface area contributed by atoms with Crippen molar-refractivity contribution in [2.24, 2.45) is 5.41 Å². The van der Waals surface area contributed by atoms with Crippen LogP contribution in [0.25, 0.3) is 0 Å². The molecule has 8 nitrogen and oxygen atoms in total. The van der Waals surface area contributed by atoms with Crippen molar-refractivity contribution in [1.82, 2.24) is 20.2 Å². The molecule has 1 aliphatic carbocycles. The highest BCUT2D eigenvalue weighted by Gasteiger charge is 2.53. The van der Waals surface area contributed by atoms with Crippen LogP contribution in [-0.2, 0) is 13.9 Å². The van der Waals surface area contributed by atoms with E-state index < -0.39 is 0 Å². The summed E-state index contributed by atoms with van der Waals surface area (Å²) < 4.78 is 6.25. The molecule has 3 aliphatic heterocycles. The van der Waals surface area contributed by atoms with Gasteiger partial charge in [-0.2, -0.15) is 9.35 Å². The zero-order valence-corrected chi connectivity index (χ0v) is 18.7. The van der Waals surface area contributed by atoms with E-state index in [-0.39, 0.29) is 30.1 Å². The van der Waals surface area contributed by atoms with Crippen molar-refractivity contribution in [1.29, 1.82) is 0 Å². The third-order valence-corrected chi connectivity index (χ3v) is 6.84. The highest BCUT2D eigenvalue weighted by molar-refractivity contribution is 14.1. The maximum Gasteiger partial charge on any atom is 0.345 e. The van der Waals surface area contributed by atoms with Gasteiger partial charge in [-0.25, -0.2) is 4.79 Å². The van der Waals surface area contributed by atoms with E-state index in [1.54, 1.807) is 4.90 Å². The van der Waals surface area contributed by atoms with Gasteiger partial charge in [0.1, 0.15) is 12.3 Å². The number of nitrogens with zero attached hydrogens (tertiary/aromatic N) is 3. The first kappa shape index (κ1) is 21.1. The fraction of sp³-hybridized carbons (Fsp3) is 0.824. The van der Waals surface area contributed by atoms with E-state index in [9.17, 15) is 9.59 Å². The first-order chi connectivity index (χ1) is 12.9. The number of aldehydes is 1. The quantitative estimate of drug-likeness (QED) is 0.262. The Morgan fingerprint density at radius 2 is 2.07 bits per heavy atom. The lowest BCUT2D eigenvalue weighted by Gasteiger charge is -2.58. The van der Waals surface area contributed by atoms with Gasteiger partial charge < -0.3 is 19.9 Å². The number of urea groups is 1. The highest BCUT2D eigenvalue weighted by Crippen LogP contribution is 2.47. The second-order valence-electron chi connectivity index (χ2n) is 7.83. The zero-order chi connectivity index (χ0) is 19.6. The van der Waals surface area contributed by atoms with Gasteiger partial charge in [0.2, 0.25) is 5.91 Å². The van der Waals surface area contributed by atoms with Crippen molar-refractivity contribution in [3.63, 3.8) is 0 Å². The lowest BCUT2D eigenvalue weighted by molar-refractivity contribution is -0.131. The molecule has 2 bridgehead atoms. The molecular weight excluding hydrogens is 483 g/mol. The Balaban J connectivity index is 0.000000659. The summed E-state index contributed by atoms with van der Waals surface area (Å²) in [6, 6.07) is -0.147. The first-order valence-electron chi connectivity index (χ1n) is 9.27. The van der Waals surface area contributed by atoms with Crippen LogP contribution in [0.5, 0.6) is 0 Å². The summed E-state index contributed by atoms with van der Waals surface area (Å²) in [5.41, 5.74) is 0.453. The molecule has 0 aromatic heterocycles. The average Bonchev–Trinajstić information content (AvgIpc) is 2.81. The van der Waals surface area contributed by atoms with E-state index in [2.05, 4.69) is 39.9 Å². The Hall–Kier alpha value is -0.590. The van der Waals surface area contributed by atoms with Crippen LogP contribution in [0.1, 0.15) is 32.6 Å². The van der Waals surface area contributed by atoms with Gasteiger partial charge in [0.05, 0.1) is 9.80 Å². The summed E-state index contributed by atoms with van der Waals surface area (Å²) in [4.78, 5) is 38.0. The number of carbonyl (C=O) groups excluding carboxylic acids is 3. The van der Waals surface area contributed by atoms with Crippen LogP contribution < -0.4 is 5.32 Å². The fourth-order valence-corrected chi connectivity index (χ4v) is 5.50. The molecule has 4 fully saturated rings. The molecule has 0 aromatic carbocycles. The monoisotopic (exact) mass is 510 g/mol. The molecule has 0 aromatic rings. The van der Waals surface area contributed by atoms with Crippen LogP contribution >= 0.6 is 34.6 Å². The number of hydrogen-bond donors (Lipinski definition) is 1. The number of piperidine rings is 1. The zero-order valence-electron chi connectivity index (χ0n) is 15.7. The van der Waals surface area contributed by atoms with Crippen molar-refractivity contribution in [3.05, 3.63) is 0 Å². The Morgan fingerprint density at radius 3 is 2.67 bits per heavy atom. The normalized spacial score (nSPS) is 28.9. The van der Waals surface area contributed by atoms with E-state index in [1.807, 2.05) is 0 Å². The maximum absolute atomic E-state index is 12.7. The third kappa shape index (κ3) is 4.38. The minimum Gasteiger partial charge on any atom is -0.352 e. The molecule has 3 amide bonds. The van der Waals surface area contributed by atoms with Gasteiger partial charge in [0.15, 0.2) is 0 Å². The van der Waals surface area contributed by atoms with Crippen LogP contribution in [0.4, 0.5) is 4.79 Å². The molecular formula is C17H27IN4O4S. The van der Waals surface area contributed by atoms with E-state index in [1.165, 1.54) is 24.0 Å². The number of fused-ring (bicyclic) bond motifs is 2. The summed E-state index contributed by atoms with van der Waals surface area (Å²) in [6.45, 7) is 4.34. The van der Waals surface area contributed by atoms with Crippen LogP contribution in [0, 0.1) is 5.41 Å². The second kappa shape index (κ2) is 8.83. The number of amides is 3. The van der Waals surface area contributed by atoms with Crippen LogP contribution in [-0.4, -0.2) is 81.7 Å². The summed E-state index contributed by atoms with van der Waals surface area (Å²) in [5.74, 6) is 0.0118. The number of hydrogen-bond acceptors (Lipinski definition) is 6. The van der Waals surface area contributed by atoms with Gasteiger partial charge in [-0.15, -0.1) is 0 Å². The predicted molar refractivity (Wildman–Crippen MR) is 111 cm³/mol. The molecule has 0 radical (unpaired) electrons. The molecule has 1 saturated carbocycles.